The minimum atomic E-state index is 0.462. The Morgan fingerprint density at radius 2 is 1.95 bits per heavy atom. The third kappa shape index (κ3) is 4.08. The summed E-state index contributed by atoms with van der Waals surface area (Å²) >= 11 is 0. The quantitative estimate of drug-likeness (QED) is 0.843. The highest BCUT2D eigenvalue weighted by atomic mass is 16.5. The van der Waals surface area contributed by atoms with Crippen LogP contribution in [0.25, 0.3) is 0 Å². The fourth-order valence-corrected chi connectivity index (χ4v) is 1.55. The summed E-state index contributed by atoms with van der Waals surface area (Å²) in [7, 11) is 1.64. The molecule has 1 aromatic heterocycles. The molecule has 0 atom stereocenters. The number of nitrogens with one attached hydrogen (secondary N) is 2. The molecule has 0 unspecified atom stereocenters. The predicted molar refractivity (Wildman–Crippen MR) is 79.4 cm³/mol. The van der Waals surface area contributed by atoms with Gasteiger partial charge in [-0.15, -0.1) is 5.10 Å². The van der Waals surface area contributed by atoms with E-state index in [2.05, 4.69) is 39.7 Å². The van der Waals surface area contributed by atoms with Crippen LogP contribution in [0.2, 0.25) is 0 Å². The maximum Gasteiger partial charge on any atom is 0.249 e. The summed E-state index contributed by atoms with van der Waals surface area (Å²) in [6, 6.07) is 7.54. The van der Waals surface area contributed by atoms with Crippen LogP contribution in [0.1, 0.15) is 13.8 Å². The lowest BCUT2D eigenvalue weighted by Gasteiger charge is -2.09. The molecule has 0 aliphatic heterocycles. The second-order valence-electron chi connectivity index (χ2n) is 4.79. The van der Waals surface area contributed by atoms with Crippen LogP contribution < -0.4 is 15.4 Å². The summed E-state index contributed by atoms with van der Waals surface area (Å²) in [6.07, 6.45) is 1.61. The number of hydrogen-bond acceptors (Lipinski definition) is 6. The summed E-state index contributed by atoms with van der Waals surface area (Å²) in [5.41, 5.74) is 0.883. The molecule has 0 saturated carbocycles. The molecular formula is C14H19N5O. The van der Waals surface area contributed by atoms with Crippen LogP contribution in [0.5, 0.6) is 5.75 Å². The maximum atomic E-state index is 5.11. The van der Waals surface area contributed by atoms with Crippen LogP contribution in [0.3, 0.4) is 0 Å². The second kappa shape index (κ2) is 6.70. The third-order valence-electron chi connectivity index (χ3n) is 2.60. The zero-order valence-electron chi connectivity index (χ0n) is 11.9. The van der Waals surface area contributed by atoms with E-state index in [0.717, 1.165) is 18.0 Å². The molecule has 0 fully saturated rings. The first-order chi connectivity index (χ1) is 9.67. The Kier molecular flexibility index (Phi) is 4.70. The van der Waals surface area contributed by atoms with Crippen molar-refractivity contribution in [3.8, 4) is 5.75 Å². The smallest absolute Gasteiger partial charge is 0.249 e. The fraction of sp³-hybridized carbons (Fsp3) is 0.357. The van der Waals surface area contributed by atoms with Crippen molar-refractivity contribution in [3.05, 3.63) is 30.5 Å². The van der Waals surface area contributed by atoms with E-state index in [1.165, 1.54) is 0 Å². The van der Waals surface area contributed by atoms with Crippen LogP contribution in [0, 0.1) is 5.92 Å². The molecule has 1 aromatic carbocycles. The third-order valence-corrected chi connectivity index (χ3v) is 2.60. The number of anilines is 3. The van der Waals surface area contributed by atoms with E-state index >= 15 is 0 Å². The monoisotopic (exact) mass is 273 g/mol. The molecule has 0 aliphatic rings. The fourth-order valence-electron chi connectivity index (χ4n) is 1.55. The predicted octanol–water partition coefficient (Wildman–Crippen LogP) is 2.69. The van der Waals surface area contributed by atoms with Gasteiger partial charge in [0.15, 0.2) is 5.82 Å². The molecule has 0 aliphatic carbocycles. The number of nitrogens with zero attached hydrogens (tertiary/aromatic N) is 3. The van der Waals surface area contributed by atoms with Gasteiger partial charge in [-0.1, -0.05) is 13.8 Å². The molecule has 20 heavy (non-hydrogen) atoms. The molecule has 0 amide bonds. The highest BCUT2D eigenvalue weighted by Gasteiger charge is 2.02. The molecule has 2 rings (SSSR count). The molecular weight excluding hydrogens is 254 g/mol. The van der Waals surface area contributed by atoms with E-state index in [4.69, 9.17) is 4.74 Å². The number of ether oxygens (including phenoxy) is 1. The van der Waals surface area contributed by atoms with Crippen LogP contribution >= 0.6 is 0 Å². The summed E-state index contributed by atoms with van der Waals surface area (Å²) in [6.45, 7) is 5.12. The average Bonchev–Trinajstić information content (AvgIpc) is 2.46. The van der Waals surface area contributed by atoms with Gasteiger partial charge in [0, 0.05) is 12.2 Å². The second-order valence-corrected chi connectivity index (χ2v) is 4.79. The zero-order valence-corrected chi connectivity index (χ0v) is 11.9. The summed E-state index contributed by atoms with van der Waals surface area (Å²) in [4.78, 5) is 4.36. The normalized spacial score (nSPS) is 10.4. The van der Waals surface area contributed by atoms with E-state index in [9.17, 15) is 0 Å². The van der Waals surface area contributed by atoms with E-state index in [-0.39, 0.29) is 0 Å². The van der Waals surface area contributed by atoms with Gasteiger partial charge < -0.3 is 15.4 Å². The van der Waals surface area contributed by atoms with Gasteiger partial charge in [0.25, 0.3) is 0 Å². The van der Waals surface area contributed by atoms with Crippen molar-refractivity contribution in [2.24, 2.45) is 5.92 Å². The lowest BCUT2D eigenvalue weighted by atomic mass is 10.2. The van der Waals surface area contributed by atoms with Gasteiger partial charge in [0.1, 0.15) is 5.75 Å². The lowest BCUT2D eigenvalue weighted by Crippen LogP contribution is -2.10. The first-order valence-corrected chi connectivity index (χ1v) is 6.52. The van der Waals surface area contributed by atoms with Gasteiger partial charge >= 0.3 is 0 Å². The van der Waals surface area contributed by atoms with Crippen molar-refractivity contribution in [2.75, 3.05) is 24.3 Å². The number of rotatable bonds is 6. The Morgan fingerprint density at radius 3 is 2.60 bits per heavy atom. The van der Waals surface area contributed by atoms with Crippen molar-refractivity contribution in [1.82, 2.24) is 15.2 Å². The summed E-state index contributed by atoms with van der Waals surface area (Å²) in [5, 5.41) is 14.2. The van der Waals surface area contributed by atoms with Crippen molar-refractivity contribution in [3.63, 3.8) is 0 Å². The SMILES string of the molecule is COc1ccc(Nc2nncc(NCC(C)C)n2)cc1. The number of hydrogen-bond donors (Lipinski definition) is 2. The standard InChI is InChI=1S/C14H19N5O/c1-10(2)8-15-13-9-16-19-14(18-13)17-11-4-6-12(20-3)7-5-11/h4-7,9-10H,8H2,1-3H3,(H2,15,17,18,19). The van der Waals surface area contributed by atoms with Crippen molar-refractivity contribution in [2.45, 2.75) is 13.8 Å². The van der Waals surface area contributed by atoms with Gasteiger partial charge in [-0.2, -0.15) is 10.1 Å². The van der Waals surface area contributed by atoms with E-state index in [0.29, 0.717) is 17.7 Å². The van der Waals surface area contributed by atoms with Crippen LogP contribution in [-0.4, -0.2) is 28.8 Å². The topological polar surface area (TPSA) is 72.0 Å². The Hall–Kier alpha value is -2.37. The van der Waals surface area contributed by atoms with Crippen molar-refractivity contribution < 1.29 is 4.74 Å². The van der Waals surface area contributed by atoms with Gasteiger partial charge in [0.05, 0.1) is 13.3 Å². The average molecular weight is 273 g/mol. The number of benzene rings is 1. The molecule has 6 heteroatoms. The Labute approximate surface area is 118 Å². The van der Waals surface area contributed by atoms with Gasteiger partial charge in [-0.3, -0.25) is 0 Å². The van der Waals surface area contributed by atoms with Gasteiger partial charge in [0.2, 0.25) is 5.95 Å². The van der Waals surface area contributed by atoms with Crippen LogP contribution in [0.15, 0.2) is 30.5 Å². The minimum Gasteiger partial charge on any atom is -0.497 e. The Balaban J connectivity index is 2.02. The van der Waals surface area contributed by atoms with Gasteiger partial charge in [-0.05, 0) is 30.2 Å². The van der Waals surface area contributed by atoms with E-state index in [1.807, 2.05) is 24.3 Å². The molecule has 0 saturated heterocycles. The highest BCUT2D eigenvalue weighted by Crippen LogP contribution is 2.17. The molecule has 6 nitrogen and oxygen atoms in total. The number of aromatic nitrogens is 3. The molecule has 2 aromatic rings. The molecule has 0 bridgehead atoms. The zero-order chi connectivity index (χ0) is 14.4. The summed E-state index contributed by atoms with van der Waals surface area (Å²) < 4.78 is 5.11. The van der Waals surface area contributed by atoms with Gasteiger partial charge in [-0.25, -0.2) is 0 Å². The highest BCUT2D eigenvalue weighted by molar-refractivity contribution is 5.55. The molecule has 0 radical (unpaired) electrons. The van der Waals surface area contributed by atoms with Crippen LogP contribution in [-0.2, 0) is 0 Å². The largest absolute Gasteiger partial charge is 0.497 e. The first kappa shape index (κ1) is 14.0. The molecule has 106 valence electrons. The molecule has 1 heterocycles. The van der Waals surface area contributed by atoms with Crippen LogP contribution in [0.4, 0.5) is 17.5 Å². The maximum absolute atomic E-state index is 5.11. The minimum absolute atomic E-state index is 0.462. The van der Waals surface area contributed by atoms with E-state index < -0.39 is 0 Å². The Bertz CT molecular complexity index is 542. The summed E-state index contributed by atoms with van der Waals surface area (Å²) in [5.74, 6) is 2.53. The number of methoxy groups -OCH3 is 1. The Morgan fingerprint density at radius 1 is 1.20 bits per heavy atom. The van der Waals surface area contributed by atoms with Crippen molar-refractivity contribution in [1.29, 1.82) is 0 Å². The molecule has 2 N–H and O–H groups in total. The lowest BCUT2D eigenvalue weighted by molar-refractivity contribution is 0.415. The molecule has 0 spiro atoms. The van der Waals surface area contributed by atoms with Crippen molar-refractivity contribution >= 4 is 17.5 Å². The van der Waals surface area contributed by atoms with E-state index in [1.54, 1.807) is 13.3 Å². The first-order valence-electron chi connectivity index (χ1n) is 6.52.